The van der Waals surface area contributed by atoms with Crippen LogP contribution in [0.4, 0.5) is 17.6 Å². The standard InChI is InChI=1S/C16H10F4O3/c1-2-6-22-10-5-3-4-9(7-10)16(21)23-15-13(19)11(17)8-12(18)14(15)20/h1,3-5,7-8,16,21H,6H2. The second kappa shape index (κ2) is 7.03. The van der Waals surface area contributed by atoms with Gasteiger partial charge in [-0.2, -0.15) is 8.78 Å². The van der Waals surface area contributed by atoms with Crippen LogP contribution in [0.5, 0.6) is 11.5 Å². The number of hydrogen-bond donors (Lipinski definition) is 1. The molecule has 0 radical (unpaired) electrons. The molecule has 2 rings (SSSR count). The fraction of sp³-hybridized carbons (Fsp3) is 0.125. The average molecular weight is 326 g/mol. The Bertz CT molecular complexity index is 729. The van der Waals surface area contributed by atoms with Crippen molar-refractivity contribution in [3.05, 3.63) is 59.2 Å². The lowest BCUT2D eigenvalue weighted by Gasteiger charge is -2.16. The van der Waals surface area contributed by atoms with E-state index in [1.807, 2.05) is 0 Å². The molecule has 2 aromatic carbocycles. The molecule has 120 valence electrons. The summed E-state index contributed by atoms with van der Waals surface area (Å²) < 4.78 is 62.9. The largest absolute Gasteiger partial charge is 0.481 e. The Balaban J connectivity index is 2.26. The van der Waals surface area contributed by atoms with Crippen molar-refractivity contribution in [1.82, 2.24) is 0 Å². The molecule has 0 aromatic heterocycles. The Morgan fingerprint density at radius 2 is 1.74 bits per heavy atom. The molecule has 0 fully saturated rings. The number of aliphatic hydroxyl groups excluding tert-OH is 1. The molecule has 0 aliphatic rings. The van der Waals surface area contributed by atoms with Gasteiger partial charge in [-0.05, 0) is 12.1 Å². The third-order valence-electron chi connectivity index (χ3n) is 2.77. The third-order valence-corrected chi connectivity index (χ3v) is 2.77. The maximum Gasteiger partial charge on any atom is 0.224 e. The van der Waals surface area contributed by atoms with Crippen molar-refractivity contribution in [2.75, 3.05) is 6.61 Å². The van der Waals surface area contributed by atoms with E-state index in [1.165, 1.54) is 24.3 Å². The monoisotopic (exact) mass is 326 g/mol. The van der Waals surface area contributed by atoms with Crippen molar-refractivity contribution in [1.29, 1.82) is 0 Å². The number of halogens is 4. The van der Waals surface area contributed by atoms with Gasteiger partial charge in [0, 0.05) is 11.6 Å². The van der Waals surface area contributed by atoms with Crippen molar-refractivity contribution in [3.63, 3.8) is 0 Å². The van der Waals surface area contributed by atoms with Gasteiger partial charge in [-0.25, -0.2) is 8.78 Å². The number of hydrogen-bond acceptors (Lipinski definition) is 3. The summed E-state index contributed by atoms with van der Waals surface area (Å²) in [5.74, 6) is -5.63. The van der Waals surface area contributed by atoms with E-state index in [2.05, 4.69) is 10.7 Å². The van der Waals surface area contributed by atoms with Crippen molar-refractivity contribution >= 4 is 0 Å². The van der Waals surface area contributed by atoms with Crippen molar-refractivity contribution in [3.8, 4) is 23.8 Å². The van der Waals surface area contributed by atoms with Gasteiger partial charge in [-0.15, -0.1) is 6.42 Å². The van der Waals surface area contributed by atoms with Crippen LogP contribution in [0.1, 0.15) is 11.9 Å². The minimum absolute atomic E-state index is 0.0290. The molecule has 0 aliphatic heterocycles. The molecule has 0 spiro atoms. The number of benzene rings is 2. The molecule has 0 saturated carbocycles. The van der Waals surface area contributed by atoms with Crippen LogP contribution in [0.2, 0.25) is 0 Å². The highest BCUT2D eigenvalue weighted by atomic mass is 19.2. The van der Waals surface area contributed by atoms with E-state index in [-0.39, 0.29) is 24.0 Å². The summed E-state index contributed by atoms with van der Waals surface area (Å²) in [6.07, 6.45) is 3.15. The van der Waals surface area contributed by atoms with E-state index in [1.54, 1.807) is 0 Å². The predicted molar refractivity (Wildman–Crippen MR) is 72.6 cm³/mol. The van der Waals surface area contributed by atoms with E-state index < -0.39 is 35.3 Å². The maximum absolute atomic E-state index is 13.5. The summed E-state index contributed by atoms with van der Waals surface area (Å²) in [7, 11) is 0. The van der Waals surface area contributed by atoms with Crippen LogP contribution in [0.3, 0.4) is 0 Å². The summed E-state index contributed by atoms with van der Waals surface area (Å²) in [6.45, 7) is -0.0290. The Kier molecular flexibility index (Phi) is 5.09. The van der Waals surface area contributed by atoms with Gasteiger partial charge in [0.25, 0.3) is 0 Å². The Hall–Kier alpha value is -2.72. The molecule has 1 atom stereocenters. The SMILES string of the molecule is C#CCOc1cccc(C(O)Oc2c(F)c(F)cc(F)c2F)c1. The summed E-state index contributed by atoms with van der Waals surface area (Å²) in [6, 6.07) is 5.69. The molecule has 23 heavy (non-hydrogen) atoms. The first-order chi connectivity index (χ1) is 10.9. The summed E-state index contributed by atoms with van der Waals surface area (Å²) in [4.78, 5) is 0. The van der Waals surface area contributed by atoms with E-state index in [4.69, 9.17) is 11.2 Å². The minimum atomic E-state index is -1.88. The molecular weight excluding hydrogens is 316 g/mol. The molecule has 0 saturated heterocycles. The second-order valence-electron chi connectivity index (χ2n) is 4.33. The lowest BCUT2D eigenvalue weighted by atomic mass is 10.2. The second-order valence-corrected chi connectivity index (χ2v) is 4.33. The van der Waals surface area contributed by atoms with Crippen LogP contribution in [0.15, 0.2) is 30.3 Å². The maximum atomic E-state index is 13.5. The molecule has 0 bridgehead atoms. The molecule has 3 nitrogen and oxygen atoms in total. The number of rotatable bonds is 5. The van der Waals surface area contributed by atoms with Gasteiger partial charge < -0.3 is 14.6 Å². The zero-order chi connectivity index (χ0) is 17.0. The fourth-order valence-corrected chi connectivity index (χ4v) is 1.72. The van der Waals surface area contributed by atoms with E-state index in [0.717, 1.165) is 0 Å². The van der Waals surface area contributed by atoms with Gasteiger partial charge in [0.05, 0.1) is 0 Å². The molecule has 2 aromatic rings. The highest BCUT2D eigenvalue weighted by Gasteiger charge is 2.23. The van der Waals surface area contributed by atoms with Crippen LogP contribution in [0, 0.1) is 35.6 Å². The third kappa shape index (κ3) is 3.73. The van der Waals surface area contributed by atoms with Crippen LogP contribution < -0.4 is 9.47 Å². The lowest BCUT2D eigenvalue weighted by Crippen LogP contribution is -2.11. The Morgan fingerprint density at radius 3 is 2.35 bits per heavy atom. The molecule has 0 aliphatic carbocycles. The topological polar surface area (TPSA) is 38.7 Å². The van der Waals surface area contributed by atoms with Gasteiger partial charge in [0.1, 0.15) is 12.4 Å². The first-order valence-electron chi connectivity index (χ1n) is 6.28. The lowest BCUT2D eigenvalue weighted by molar-refractivity contribution is -0.0258. The first-order valence-corrected chi connectivity index (χ1v) is 6.28. The minimum Gasteiger partial charge on any atom is -0.481 e. The average Bonchev–Trinajstić information content (AvgIpc) is 2.55. The summed E-state index contributed by atoms with van der Waals surface area (Å²) in [5, 5.41) is 9.86. The zero-order valence-corrected chi connectivity index (χ0v) is 11.5. The Morgan fingerprint density at radius 1 is 1.09 bits per heavy atom. The molecule has 7 heteroatoms. The van der Waals surface area contributed by atoms with Crippen LogP contribution >= 0.6 is 0 Å². The van der Waals surface area contributed by atoms with Crippen LogP contribution in [-0.4, -0.2) is 11.7 Å². The van der Waals surface area contributed by atoms with Crippen LogP contribution in [0.25, 0.3) is 0 Å². The van der Waals surface area contributed by atoms with Gasteiger partial charge in [-0.1, -0.05) is 18.1 Å². The highest BCUT2D eigenvalue weighted by molar-refractivity contribution is 5.32. The van der Waals surface area contributed by atoms with Crippen molar-refractivity contribution < 1.29 is 32.1 Å². The molecule has 1 unspecified atom stereocenters. The van der Waals surface area contributed by atoms with Gasteiger partial charge >= 0.3 is 0 Å². The molecule has 1 N–H and O–H groups in total. The van der Waals surface area contributed by atoms with Gasteiger partial charge in [-0.3, -0.25) is 0 Å². The van der Waals surface area contributed by atoms with Crippen molar-refractivity contribution in [2.45, 2.75) is 6.29 Å². The summed E-state index contributed by atoms with van der Waals surface area (Å²) in [5.41, 5.74) is 0.0444. The van der Waals surface area contributed by atoms with Crippen LogP contribution in [-0.2, 0) is 0 Å². The molecular formula is C16H10F4O3. The van der Waals surface area contributed by atoms with Gasteiger partial charge in [0.15, 0.2) is 11.6 Å². The smallest absolute Gasteiger partial charge is 0.224 e. The normalized spacial score (nSPS) is 11.7. The predicted octanol–water partition coefficient (Wildman–Crippen LogP) is 3.32. The molecule has 0 amide bonds. The fourth-order valence-electron chi connectivity index (χ4n) is 1.72. The van der Waals surface area contributed by atoms with E-state index >= 15 is 0 Å². The highest BCUT2D eigenvalue weighted by Crippen LogP contribution is 2.30. The number of aliphatic hydroxyl groups is 1. The Labute approximate surface area is 129 Å². The van der Waals surface area contributed by atoms with E-state index in [0.29, 0.717) is 0 Å². The molecule has 0 heterocycles. The number of ether oxygens (including phenoxy) is 2. The quantitative estimate of drug-likeness (QED) is 0.396. The van der Waals surface area contributed by atoms with Crippen molar-refractivity contribution in [2.24, 2.45) is 0 Å². The number of terminal acetylenes is 1. The van der Waals surface area contributed by atoms with Gasteiger partial charge in [0.2, 0.25) is 23.7 Å². The van der Waals surface area contributed by atoms with E-state index in [9.17, 15) is 22.7 Å². The first kappa shape index (κ1) is 16.6. The summed E-state index contributed by atoms with van der Waals surface area (Å²) >= 11 is 0. The zero-order valence-electron chi connectivity index (χ0n) is 11.5.